The first-order chi connectivity index (χ1) is 11.4. The van der Waals surface area contributed by atoms with Gasteiger partial charge in [-0.15, -0.1) is 11.3 Å². The van der Waals surface area contributed by atoms with Crippen molar-refractivity contribution in [2.75, 3.05) is 21.9 Å². The summed E-state index contributed by atoms with van der Waals surface area (Å²) in [5.41, 5.74) is 2.41. The molecule has 0 saturated carbocycles. The second-order valence-electron chi connectivity index (χ2n) is 6.30. The van der Waals surface area contributed by atoms with E-state index >= 15 is 0 Å². The van der Waals surface area contributed by atoms with Crippen molar-refractivity contribution < 1.29 is 13.2 Å². The fourth-order valence-electron chi connectivity index (χ4n) is 2.87. The maximum atomic E-state index is 12.5. The molecule has 1 amide bonds. The van der Waals surface area contributed by atoms with Gasteiger partial charge in [0.05, 0.1) is 10.6 Å². The van der Waals surface area contributed by atoms with E-state index in [1.807, 2.05) is 43.5 Å². The second-order valence-corrected chi connectivity index (χ2v) is 9.02. The molecular formula is C17H20N2O3S2. The Bertz CT molecular complexity index is 843. The number of hydrogen-bond donors (Lipinski definition) is 1. The van der Waals surface area contributed by atoms with E-state index in [0.717, 1.165) is 17.7 Å². The van der Waals surface area contributed by atoms with Gasteiger partial charge in [0.2, 0.25) is 10.0 Å². The minimum absolute atomic E-state index is 0.00288. The molecule has 7 heteroatoms. The van der Waals surface area contributed by atoms with Crippen molar-refractivity contribution >= 4 is 38.6 Å². The van der Waals surface area contributed by atoms with E-state index in [4.69, 9.17) is 0 Å². The van der Waals surface area contributed by atoms with E-state index < -0.39 is 10.0 Å². The number of sulfonamides is 1. The maximum Gasteiger partial charge on any atom is 0.268 e. The molecule has 24 heavy (non-hydrogen) atoms. The Labute approximate surface area is 146 Å². The zero-order valence-corrected chi connectivity index (χ0v) is 15.3. The van der Waals surface area contributed by atoms with Crippen molar-refractivity contribution in [3.05, 3.63) is 46.2 Å². The largest absolute Gasteiger partial charge is 0.307 e. The van der Waals surface area contributed by atoms with Gasteiger partial charge in [-0.05, 0) is 47.5 Å². The molecule has 1 aromatic heterocycles. The van der Waals surface area contributed by atoms with Crippen LogP contribution in [-0.4, -0.2) is 26.6 Å². The predicted molar refractivity (Wildman–Crippen MR) is 98.4 cm³/mol. The Balaban J connectivity index is 1.80. The minimum Gasteiger partial charge on any atom is -0.307 e. The zero-order valence-electron chi connectivity index (χ0n) is 13.7. The maximum absolute atomic E-state index is 12.5. The van der Waals surface area contributed by atoms with Crippen LogP contribution in [0.15, 0.2) is 35.7 Å². The van der Waals surface area contributed by atoms with Crippen molar-refractivity contribution in [1.82, 2.24) is 0 Å². The Morgan fingerprint density at radius 3 is 2.79 bits per heavy atom. The molecule has 0 atom stereocenters. The highest BCUT2D eigenvalue weighted by atomic mass is 32.2. The molecule has 0 fully saturated rings. The molecular weight excluding hydrogens is 344 g/mol. The molecule has 0 unspecified atom stereocenters. The molecule has 5 nitrogen and oxygen atoms in total. The number of carbonyl (C=O) groups excluding carboxylic acids is 1. The average molecular weight is 364 g/mol. The van der Waals surface area contributed by atoms with Gasteiger partial charge in [-0.1, -0.05) is 19.9 Å². The Morgan fingerprint density at radius 2 is 2.12 bits per heavy atom. The highest BCUT2D eigenvalue weighted by Crippen LogP contribution is 2.32. The van der Waals surface area contributed by atoms with E-state index in [1.165, 1.54) is 11.3 Å². The van der Waals surface area contributed by atoms with Gasteiger partial charge in [-0.25, -0.2) is 8.42 Å². The van der Waals surface area contributed by atoms with Crippen molar-refractivity contribution in [3.63, 3.8) is 0 Å². The van der Waals surface area contributed by atoms with Gasteiger partial charge in [0.15, 0.2) is 0 Å². The van der Waals surface area contributed by atoms with Crippen LogP contribution >= 0.6 is 11.3 Å². The number of rotatable bonds is 5. The van der Waals surface area contributed by atoms with Crippen LogP contribution in [0.1, 0.15) is 29.1 Å². The number of thiophene rings is 1. The smallest absolute Gasteiger partial charge is 0.268 e. The third-order valence-electron chi connectivity index (χ3n) is 3.78. The quantitative estimate of drug-likeness (QED) is 0.885. The first-order valence-electron chi connectivity index (χ1n) is 7.84. The van der Waals surface area contributed by atoms with Crippen molar-refractivity contribution in [3.8, 4) is 0 Å². The van der Waals surface area contributed by atoms with Gasteiger partial charge < -0.3 is 4.90 Å². The summed E-state index contributed by atoms with van der Waals surface area (Å²) in [7, 11) is -3.35. The molecule has 0 saturated heterocycles. The molecule has 1 aliphatic rings. The lowest BCUT2D eigenvalue weighted by molar-refractivity contribution is 0.0993. The van der Waals surface area contributed by atoms with Crippen LogP contribution in [0.5, 0.6) is 0 Å². The number of benzene rings is 1. The zero-order chi connectivity index (χ0) is 17.3. The Morgan fingerprint density at radius 1 is 1.33 bits per heavy atom. The van der Waals surface area contributed by atoms with Crippen molar-refractivity contribution in [2.45, 2.75) is 20.3 Å². The van der Waals surface area contributed by atoms with Gasteiger partial charge in [0.1, 0.15) is 0 Å². The molecule has 2 aromatic rings. The lowest BCUT2D eigenvalue weighted by Gasteiger charge is -2.17. The summed E-state index contributed by atoms with van der Waals surface area (Å²) in [6, 6.07) is 9.05. The molecule has 1 aromatic carbocycles. The lowest BCUT2D eigenvalue weighted by Crippen LogP contribution is -2.28. The fourth-order valence-corrected chi connectivity index (χ4v) is 4.99. The molecule has 0 radical (unpaired) electrons. The number of hydrogen-bond acceptors (Lipinski definition) is 4. The average Bonchev–Trinajstić information content (AvgIpc) is 3.14. The summed E-state index contributed by atoms with van der Waals surface area (Å²) < 4.78 is 26.8. The van der Waals surface area contributed by atoms with E-state index in [9.17, 15) is 13.2 Å². The third kappa shape index (κ3) is 3.62. The van der Waals surface area contributed by atoms with Crippen molar-refractivity contribution in [2.24, 2.45) is 5.92 Å². The summed E-state index contributed by atoms with van der Waals surface area (Å²) in [6.45, 7) is 4.36. The van der Waals surface area contributed by atoms with Crippen LogP contribution in [-0.2, 0) is 16.4 Å². The molecule has 0 bridgehead atoms. The summed E-state index contributed by atoms with van der Waals surface area (Å²) in [4.78, 5) is 15.0. The number of nitrogens with zero attached hydrogens (tertiary/aromatic N) is 1. The molecule has 0 aliphatic carbocycles. The van der Waals surface area contributed by atoms with E-state index in [-0.39, 0.29) is 17.6 Å². The number of nitrogens with one attached hydrogen (secondary N) is 1. The third-order valence-corrected chi connectivity index (χ3v) is 6.29. The van der Waals surface area contributed by atoms with Crippen LogP contribution in [0.25, 0.3) is 0 Å². The predicted octanol–water partition coefficient (Wildman–Crippen LogP) is 3.35. The topological polar surface area (TPSA) is 66.5 Å². The molecule has 0 spiro atoms. The molecule has 128 valence electrons. The number of fused-ring (bicyclic) bond motifs is 1. The van der Waals surface area contributed by atoms with E-state index in [0.29, 0.717) is 17.1 Å². The van der Waals surface area contributed by atoms with Gasteiger partial charge in [0.25, 0.3) is 5.91 Å². The van der Waals surface area contributed by atoms with Crippen LogP contribution in [0.3, 0.4) is 0 Å². The van der Waals surface area contributed by atoms with Crippen molar-refractivity contribution in [1.29, 1.82) is 0 Å². The molecule has 1 N–H and O–H groups in total. The second kappa shape index (κ2) is 6.57. The van der Waals surface area contributed by atoms with E-state index in [1.54, 1.807) is 11.0 Å². The molecule has 3 rings (SSSR count). The summed E-state index contributed by atoms with van der Waals surface area (Å²) >= 11 is 1.43. The van der Waals surface area contributed by atoms with Crippen LogP contribution < -0.4 is 9.62 Å². The standard InChI is InChI=1S/C17H20N2O3S2/c1-12(2)11-24(21,22)18-14-5-6-15-13(10-14)7-8-19(15)17(20)16-4-3-9-23-16/h3-6,9-10,12,18H,7-8,11H2,1-2H3. The fraction of sp³-hybridized carbons (Fsp3) is 0.353. The minimum atomic E-state index is -3.35. The van der Waals surface area contributed by atoms with Gasteiger partial charge in [0, 0.05) is 17.9 Å². The SMILES string of the molecule is CC(C)CS(=O)(=O)Nc1ccc2c(c1)CCN2C(=O)c1cccs1. The van der Waals surface area contributed by atoms with E-state index in [2.05, 4.69) is 4.72 Å². The molecule has 1 aliphatic heterocycles. The first-order valence-corrected chi connectivity index (χ1v) is 10.4. The highest BCUT2D eigenvalue weighted by molar-refractivity contribution is 7.92. The Kier molecular flexibility index (Phi) is 4.64. The number of amides is 1. The molecule has 2 heterocycles. The normalized spacial score (nSPS) is 14.0. The summed E-state index contributed by atoms with van der Waals surface area (Å²) in [6.07, 6.45) is 0.728. The van der Waals surface area contributed by atoms with Crippen LogP contribution in [0.4, 0.5) is 11.4 Å². The monoisotopic (exact) mass is 364 g/mol. The van der Waals surface area contributed by atoms with Crippen LogP contribution in [0.2, 0.25) is 0 Å². The van der Waals surface area contributed by atoms with Crippen LogP contribution in [0, 0.1) is 5.92 Å². The van der Waals surface area contributed by atoms with Gasteiger partial charge >= 0.3 is 0 Å². The summed E-state index contributed by atoms with van der Waals surface area (Å²) in [5, 5.41) is 1.89. The first kappa shape index (κ1) is 17.0. The number of anilines is 2. The number of carbonyl (C=O) groups is 1. The summed E-state index contributed by atoms with van der Waals surface area (Å²) in [5.74, 6) is 0.153. The van der Waals surface area contributed by atoms with Gasteiger partial charge in [-0.2, -0.15) is 0 Å². The highest BCUT2D eigenvalue weighted by Gasteiger charge is 2.26. The lowest BCUT2D eigenvalue weighted by atomic mass is 10.1. The van der Waals surface area contributed by atoms with Gasteiger partial charge in [-0.3, -0.25) is 9.52 Å². The Hall–Kier alpha value is -1.86.